The molecule has 4 rings (SSSR count). The predicted molar refractivity (Wildman–Crippen MR) is 116 cm³/mol. The van der Waals surface area contributed by atoms with Crippen LogP contribution in [0, 0.1) is 5.82 Å². The fourth-order valence-electron chi connectivity index (χ4n) is 3.32. The van der Waals surface area contributed by atoms with Gasteiger partial charge < -0.3 is 10.1 Å². The van der Waals surface area contributed by atoms with E-state index < -0.39 is 5.82 Å². The summed E-state index contributed by atoms with van der Waals surface area (Å²) in [7, 11) is 0. The number of ether oxygens (including phenoxy) is 1. The number of benzene rings is 2. The standard InChI is InChI=1S/C21H19ClFN3O3S/c22-16-10-13(23)7-8-18(16)24-19(27)12-30-21-25-17-6-2-1-5-15(17)20(28)26(21)11-14-4-3-9-29-14/h1-2,5-8,10,14H,3-4,9,11-12H2,(H,24,27). The molecule has 0 radical (unpaired) electrons. The third-order valence-electron chi connectivity index (χ3n) is 4.77. The highest BCUT2D eigenvalue weighted by molar-refractivity contribution is 7.99. The molecule has 1 aliphatic heterocycles. The second-order valence-electron chi connectivity index (χ2n) is 6.92. The van der Waals surface area contributed by atoms with Gasteiger partial charge in [-0.1, -0.05) is 35.5 Å². The Hall–Kier alpha value is -2.42. The zero-order valence-corrected chi connectivity index (χ0v) is 17.5. The number of carbonyl (C=O) groups is 1. The number of halogens is 2. The van der Waals surface area contributed by atoms with Gasteiger partial charge in [-0.3, -0.25) is 14.2 Å². The van der Waals surface area contributed by atoms with Gasteiger partial charge in [0, 0.05) is 6.61 Å². The average Bonchev–Trinajstić information content (AvgIpc) is 3.24. The van der Waals surface area contributed by atoms with Gasteiger partial charge in [-0.05, 0) is 43.2 Å². The monoisotopic (exact) mass is 447 g/mol. The Morgan fingerprint density at radius 2 is 2.17 bits per heavy atom. The molecule has 1 amide bonds. The Morgan fingerprint density at radius 1 is 1.33 bits per heavy atom. The van der Waals surface area contributed by atoms with E-state index in [1.54, 1.807) is 22.8 Å². The molecule has 2 aromatic carbocycles. The number of aromatic nitrogens is 2. The van der Waals surface area contributed by atoms with Crippen LogP contribution in [0.25, 0.3) is 10.9 Å². The molecule has 1 fully saturated rings. The number of fused-ring (bicyclic) bond motifs is 1. The van der Waals surface area contributed by atoms with E-state index in [2.05, 4.69) is 10.3 Å². The molecule has 3 aromatic rings. The molecule has 2 heterocycles. The number of hydrogen-bond donors (Lipinski definition) is 1. The normalized spacial score (nSPS) is 16.1. The molecular formula is C21H19ClFN3O3S. The van der Waals surface area contributed by atoms with Crippen molar-refractivity contribution in [3.63, 3.8) is 0 Å². The maximum absolute atomic E-state index is 13.2. The zero-order valence-electron chi connectivity index (χ0n) is 15.9. The summed E-state index contributed by atoms with van der Waals surface area (Å²) in [5.41, 5.74) is 0.753. The van der Waals surface area contributed by atoms with Gasteiger partial charge in [0.15, 0.2) is 5.16 Å². The van der Waals surface area contributed by atoms with Crippen LogP contribution in [-0.4, -0.2) is 33.9 Å². The maximum Gasteiger partial charge on any atom is 0.262 e. The molecular weight excluding hydrogens is 429 g/mol. The molecule has 0 aliphatic carbocycles. The van der Waals surface area contributed by atoms with Gasteiger partial charge in [0.1, 0.15) is 5.82 Å². The highest BCUT2D eigenvalue weighted by atomic mass is 35.5. The summed E-state index contributed by atoms with van der Waals surface area (Å²) < 4.78 is 20.4. The Kier molecular flexibility index (Phi) is 6.36. The number of thioether (sulfide) groups is 1. The summed E-state index contributed by atoms with van der Waals surface area (Å²) in [6.45, 7) is 1.08. The summed E-state index contributed by atoms with van der Waals surface area (Å²) in [6, 6.07) is 10.9. The van der Waals surface area contributed by atoms with Crippen molar-refractivity contribution in [3.8, 4) is 0 Å². The lowest BCUT2D eigenvalue weighted by Gasteiger charge is -2.16. The fourth-order valence-corrected chi connectivity index (χ4v) is 4.34. The molecule has 6 nitrogen and oxygen atoms in total. The van der Waals surface area contributed by atoms with E-state index in [-0.39, 0.29) is 28.3 Å². The van der Waals surface area contributed by atoms with E-state index in [1.165, 1.54) is 12.1 Å². The smallest absolute Gasteiger partial charge is 0.262 e. The molecule has 1 saturated heterocycles. The summed E-state index contributed by atoms with van der Waals surface area (Å²) in [4.78, 5) is 30.1. The van der Waals surface area contributed by atoms with Crippen molar-refractivity contribution in [1.29, 1.82) is 0 Å². The zero-order chi connectivity index (χ0) is 21.1. The van der Waals surface area contributed by atoms with E-state index in [4.69, 9.17) is 16.3 Å². The van der Waals surface area contributed by atoms with Crippen LogP contribution in [0.1, 0.15) is 12.8 Å². The van der Waals surface area contributed by atoms with Crippen molar-refractivity contribution in [1.82, 2.24) is 9.55 Å². The van der Waals surface area contributed by atoms with Crippen LogP contribution in [-0.2, 0) is 16.1 Å². The van der Waals surface area contributed by atoms with Crippen LogP contribution in [0.2, 0.25) is 5.02 Å². The number of hydrogen-bond acceptors (Lipinski definition) is 5. The van der Waals surface area contributed by atoms with Crippen molar-refractivity contribution >= 4 is 45.9 Å². The first-order valence-corrected chi connectivity index (χ1v) is 10.9. The quantitative estimate of drug-likeness (QED) is 0.455. The molecule has 1 aromatic heterocycles. The Bertz CT molecular complexity index is 1150. The molecule has 1 N–H and O–H groups in total. The van der Waals surface area contributed by atoms with Gasteiger partial charge in [0.25, 0.3) is 5.56 Å². The highest BCUT2D eigenvalue weighted by Crippen LogP contribution is 2.24. The van der Waals surface area contributed by atoms with Crippen LogP contribution in [0.4, 0.5) is 10.1 Å². The van der Waals surface area contributed by atoms with Crippen LogP contribution >= 0.6 is 23.4 Å². The fraction of sp³-hybridized carbons (Fsp3) is 0.286. The Labute approximate surface area is 181 Å². The molecule has 1 atom stereocenters. The maximum atomic E-state index is 13.2. The van der Waals surface area contributed by atoms with Crippen molar-refractivity contribution in [2.45, 2.75) is 30.6 Å². The van der Waals surface area contributed by atoms with Crippen molar-refractivity contribution in [2.75, 3.05) is 17.7 Å². The SMILES string of the molecule is O=C(CSc1nc2ccccc2c(=O)n1CC1CCCO1)Nc1ccc(F)cc1Cl. The van der Waals surface area contributed by atoms with E-state index >= 15 is 0 Å². The lowest BCUT2D eigenvalue weighted by atomic mass is 10.2. The summed E-state index contributed by atoms with van der Waals surface area (Å²) in [5.74, 6) is -0.797. The van der Waals surface area contributed by atoms with E-state index in [0.29, 0.717) is 34.9 Å². The number of nitrogens with zero attached hydrogens (tertiary/aromatic N) is 2. The van der Waals surface area contributed by atoms with Gasteiger partial charge >= 0.3 is 0 Å². The minimum absolute atomic E-state index is 0.0179. The molecule has 156 valence electrons. The molecule has 9 heteroatoms. The largest absolute Gasteiger partial charge is 0.376 e. The third kappa shape index (κ3) is 4.66. The molecule has 1 unspecified atom stereocenters. The lowest BCUT2D eigenvalue weighted by molar-refractivity contribution is -0.113. The summed E-state index contributed by atoms with van der Waals surface area (Å²) in [5, 5.41) is 3.76. The second kappa shape index (κ2) is 9.16. The van der Waals surface area contributed by atoms with Crippen LogP contribution in [0.15, 0.2) is 52.4 Å². The Morgan fingerprint density at radius 3 is 2.93 bits per heavy atom. The molecule has 0 saturated carbocycles. The summed E-state index contributed by atoms with van der Waals surface area (Å²) >= 11 is 7.13. The second-order valence-corrected chi connectivity index (χ2v) is 8.27. The van der Waals surface area contributed by atoms with Gasteiger partial charge in [-0.25, -0.2) is 9.37 Å². The van der Waals surface area contributed by atoms with Gasteiger partial charge in [0.05, 0.1) is 40.0 Å². The van der Waals surface area contributed by atoms with E-state index in [0.717, 1.165) is 30.7 Å². The first-order chi connectivity index (χ1) is 14.5. The van der Waals surface area contributed by atoms with Gasteiger partial charge in [0.2, 0.25) is 5.91 Å². The van der Waals surface area contributed by atoms with Crippen molar-refractivity contribution in [2.24, 2.45) is 0 Å². The minimum Gasteiger partial charge on any atom is -0.376 e. The van der Waals surface area contributed by atoms with Crippen LogP contribution < -0.4 is 10.9 Å². The number of anilines is 1. The van der Waals surface area contributed by atoms with Crippen LogP contribution in [0.3, 0.4) is 0 Å². The highest BCUT2D eigenvalue weighted by Gasteiger charge is 2.20. The number of rotatable bonds is 6. The number of amides is 1. The lowest BCUT2D eigenvalue weighted by Crippen LogP contribution is -2.29. The van der Waals surface area contributed by atoms with Gasteiger partial charge in [-0.15, -0.1) is 0 Å². The predicted octanol–water partition coefficient (Wildman–Crippen LogP) is 4.10. The summed E-state index contributed by atoms with van der Waals surface area (Å²) in [6.07, 6.45) is 1.80. The van der Waals surface area contributed by atoms with E-state index in [9.17, 15) is 14.0 Å². The molecule has 30 heavy (non-hydrogen) atoms. The third-order valence-corrected chi connectivity index (χ3v) is 6.06. The Balaban J connectivity index is 1.56. The van der Waals surface area contributed by atoms with Crippen molar-refractivity contribution in [3.05, 3.63) is 63.7 Å². The number of carbonyl (C=O) groups excluding carboxylic acids is 1. The van der Waals surface area contributed by atoms with Crippen LogP contribution in [0.5, 0.6) is 0 Å². The van der Waals surface area contributed by atoms with Gasteiger partial charge in [-0.2, -0.15) is 0 Å². The molecule has 0 bridgehead atoms. The first-order valence-electron chi connectivity index (χ1n) is 9.50. The first kappa shape index (κ1) is 20.8. The molecule has 1 aliphatic rings. The van der Waals surface area contributed by atoms with E-state index in [1.807, 2.05) is 6.07 Å². The topological polar surface area (TPSA) is 73.2 Å². The van der Waals surface area contributed by atoms with Crippen molar-refractivity contribution < 1.29 is 13.9 Å². The number of nitrogens with one attached hydrogen (secondary N) is 1. The molecule has 0 spiro atoms. The number of para-hydroxylation sites is 1. The minimum atomic E-state index is -0.481. The average molecular weight is 448 g/mol.